The first-order valence-electron chi connectivity index (χ1n) is 8.34. The quantitative estimate of drug-likeness (QED) is 0.576. The predicted molar refractivity (Wildman–Crippen MR) is 96.2 cm³/mol. The van der Waals surface area contributed by atoms with Crippen LogP contribution in [-0.2, 0) is 9.53 Å². The van der Waals surface area contributed by atoms with Crippen molar-refractivity contribution in [3.8, 4) is 5.75 Å². The Labute approximate surface area is 155 Å². The van der Waals surface area contributed by atoms with E-state index >= 15 is 0 Å². The number of hydrogen-bond donors (Lipinski definition) is 0. The maximum atomic E-state index is 12.7. The van der Waals surface area contributed by atoms with Crippen molar-refractivity contribution >= 4 is 29.3 Å². The first-order valence-corrected chi connectivity index (χ1v) is 8.34. The van der Waals surface area contributed by atoms with Crippen LogP contribution in [0, 0.1) is 0 Å². The monoisotopic (exact) mass is 367 g/mol. The smallest absolute Gasteiger partial charge is 0.338 e. The van der Waals surface area contributed by atoms with Crippen molar-refractivity contribution in [2.24, 2.45) is 0 Å². The van der Waals surface area contributed by atoms with Crippen LogP contribution in [0.4, 0.5) is 5.69 Å². The average Bonchev–Trinajstić information content (AvgIpc) is 2.91. The molecule has 0 fully saturated rings. The molecule has 0 atom stereocenters. The molecule has 0 aromatic heterocycles. The molecule has 0 N–H and O–H groups in total. The van der Waals surface area contributed by atoms with Crippen molar-refractivity contribution in [3.05, 3.63) is 59.2 Å². The van der Waals surface area contributed by atoms with Crippen LogP contribution in [-0.4, -0.2) is 36.8 Å². The van der Waals surface area contributed by atoms with Crippen LogP contribution >= 0.6 is 0 Å². The summed E-state index contributed by atoms with van der Waals surface area (Å²) in [4.78, 5) is 49.3. The lowest BCUT2D eigenvalue weighted by Gasteiger charge is -2.14. The number of carbonyl (C=O) groups is 4. The highest BCUT2D eigenvalue weighted by atomic mass is 16.5. The van der Waals surface area contributed by atoms with Gasteiger partial charge in [0.15, 0.2) is 5.78 Å². The summed E-state index contributed by atoms with van der Waals surface area (Å²) in [5.41, 5.74) is 0.832. The highest BCUT2D eigenvalue weighted by Crippen LogP contribution is 2.30. The van der Waals surface area contributed by atoms with Gasteiger partial charge in [-0.05, 0) is 56.3 Å². The number of ketones is 1. The van der Waals surface area contributed by atoms with Crippen LogP contribution in [0.5, 0.6) is 5.75 Å². The third kappa shape index (κ3) is 3.57. The molecule has 27 heavy (non-hydrogen) atoms. The minimum Gasteiger partial charge on any atom is -0.494 e. The Balaban J connectivity index is 1.86. The number of amides is 2. The maximum absolute atomic E-state index is 12.7. The van der Waals surface area contributed by atoms with Gasteiger partial charge in [-0.2, -0.15) is 0 Å². The van der Waals surface area contributed by atoms with E-state index in [-0.39, 0.29) is 29.1 Å². The van der Waals surface area contributed by atoms with Gasteiger partial charge in [0.25, 0.3) is 11.8 Å². The summed E-state index contributed by atoms with van der Waals surface area (Å²) in [6.07, 6.45) is 0. The second kappa shape index (κ2) is 7.41. The molecule has 7 heteroatoms. The molecule has 1 aliphatic heterocycles. The molecule has 3 rings (SSSR count). The molecule has 0 spiro atoms. The largest absolute Gasteiger partial charge is 0.494 e. The molecule has 138 valence electrons. The summed E-state index contributed by atoms with van der Waals surface area (Å²) in [5, 5.41) is 0. The van der Waals surface area contributed by atoms with E-state index in [0.29, 0.717) is 18.0 Å². The summed E-state index contributed by atoms with van der Waals surface area (Å²) >= 11 is 0. The van der Waals surface area contributed by atoms with Crippen molar-refractivity contribution in [1.82, 2.24) is 0 Å². The number of fused-ring (bicyclic) bond motifs is 1. The van der Waals surface area contributed by atoms with E-state index in [4.69, 9.17) is 9.47 Å². The topological polar surface area (TPSA) is 90.0 Å². The number of benzene rings is 2. The highest BCUT2D eigenvalue weighted by molar-refractivity contribution is 6.34. The summed E-state index contributed by atoms with van der Waals surface area (Å²) in [5.74, 6) is -1.39. The van der Waals surface area contributed by atoms with Crippen LogP contribution in [0.2, 0.25) is 0 Å². The molecule has 0 aliphatic carbocycles. The Hall–Kier alpha value is -3.48. The van der Waals surface area contributed by atoms with Gasteiger partial charge in [0.1, 0.15) is 12.4 Å². The number of carbonyl (C=O) groups excluding carboxylic acids is 4. The number of ether oxygens (including phenoxy) is 2. The minimum absolute atomic E-state index is 0.102. The lowest BCUT2D eigenvalue weighted by Crippen LogP contribution is -2.29. The van der Waals surface area contributed by atoms with Gasteiger partial charge < -0.3 is 9.47 Å². The molecule has 0 saturated heterocycles. The van der Waals surface area contributed by atoms with Crippen LogP contribution < -0.4 is 9.64 Å². The molecular weight excluding hydrogens is 350 g/mol. The standard InChI is InChI=1S/C20H17NO6/c1-3-26-15-7-5-14(6-8-15)21-18(23)16-9-4-13(10-17(16)19(21)24)20(25)27-11-12(2)22/h4-10H,3,11H2,1-2H3. The number of Topliss-reactive ketones (excluding diaryl/α,β-unsaturated/α-hetero) is 1. The zero-order valence-electron chi connectivity index (χ0n) is 14.9. The zero-order chi connectivity index (χ0) is 19.6. The zero-order valence-corrected chi connectivity index (χ0v) is 14.9. The number of anilines is 1. The Kier molecular flexibility index (Phi) is 5.03. The van der Waals surface area contributed by atoms with E-state index in [1.165, 1.54) is 25.1 Å². The minimum atomic E-state index is -0.729. The van der Waals surface area contributed by atoms with Gasteiger partial charge in [0, 0.05) is 0 Å². The molecule has 0 bridgehead atoms. The second-order valence-electron chi connectivity index (χ2n) is 5.91. The van der Waals surface area contributed by atoms with Crippen molar-refractivity contribution in [2.45, 2.75) is 13.8 Å². The normalized spacial score (nSPS) is 12.7. The Morgan fingerprint density at radius 2 is 1.63 bits per heavy atom. The third-order valence-corrected chi connectivity index (χ3v) is 3.93. The average molecular weight is 367 g/mol. The van der Waals surface area contributed by atoms with Crippen LogP contribution in [0.3, 0.4) is 0 Å². The van der Waals surface area contributed by atoms with Gasteiger partial charge in [0.05, 0.1) is 29.0 Å². The van der Waals surface area contributed by atoms with Crippen molar-refractivity contribution in [3.63, 3.8) is 0 Å². The summed E-state index contributed by atoms with van der Waals surface area (Å²) < 4.78 is 10.2. The Bertz CT molecular complexity index is 932. The lowest BCUT2D eigenvalue weighted by atomic mass is 10.1. The fourth-order valence-electron chi connectivity index (χ4n) is 2.71. The van der Waals surface area contributed by atoms with Gasteiger partial charge >= 0.3 is 5.97 Å². The second-order valence-corrected chi connectivity index (χ2v) is 5.91. The maximum Gasteiger partial charge on any atom is 0.338 e. The molecule has 7 nitrogen and oxygen atoms in total. The number of imide groups is 1. The van der Waals surface area contributed by atoms with E-state index in [0.717, 1.165) is 4.90 Å². The van der Waals surface area contributed by atoms with Crippen LogP contribution in [0.15, 0.2) is 42.5 Å². The summed E-state index contributed by atoms with van der Waals surface area (Å²) in [6.45, 7) is 3.32. The van der Waals surface area contributed by atoms with Crippen molar-refractivity contribution in [2.75, 3.05) is 18.1 Å². The molecule has 1 heterocycles. The molecule has 1 aliphatic rings. The number of hydrogen-bond acceptors (Lipinski definition) is 6. The fraction of sp³-hybridized carbons (Fsp3) is 0.200. The first kappa shape index (κ1) is 18.3. The fourth-order valence-corrected chi connectivity index (χ4v) is 2.71. The molecule has 2 aromatic rings. The number of rotatable bonds is 6. The van der Waals surface area contributed by atoms with E-state index in [9.17, 15) is 19.2 Å². The van der Waals surface area contributed by atoms with E-state index < -0.39 is 17.8 Å². The Morgan fingerprint density at radius 1 is 0.963 bits per heavy atom. The van der Waals surface area contributed by atoms with E-state index in [1.807, 2.05) is 6.92 Å². The van der Waals surface area contributed by atoms with Gasteiger partial charge in [0.2, 0.25) is 0 Å². The van der Waals surface area contributed by atoms with Crippen molar-refractivity contribution < 1.29 is 28.7 Å². The SMILES string of the molecule is CCOc1ccc(N2C(=O)c3ccc(C(=O)OCC(C)=O)cc3C2=O)cc1. The van der Waals surface area contributed by atoms with Gasteiger partial charge in [-0.25, -0.2) is 9.69 Å². The van der Waals surface area contributed by atoms with Crippen molar-refractivity contribution in [1.29, 1.82) is 0 Å². The first-order chi connectivity index (χ1) is 12.9. The molecule has 0 radical (unpaired) electrons. The lowest BCUT2D eigenvalue weighted by molar-refractivity contribution is -0.120. The molecule has 0 saturated carbocycles. The highest BCUT2D eigenvalue weighted by Gasteiger charge is 2.37. The Morgan fingerprint density at radius 3 is 2.26 bits per heavy atom. The van der Waals surface area contributed by atoms with Gasteiger partial charge in [-0.1, -0.05) is 0 Å². The van der Waals surface area contributed by atoms with Crippen LogP contribution in [0.1, 0.15) is 44.9 Å². The van der Waals surface area contributed by atoms with Crippen LogP contribution in [0.25, 0.3) is 0 Å². The molecular formula is C20H17NO6. The molecule has 0 unspecified atom stereocenters. The summed E-state index contributed by atoms with van der Waals surface area (Å²) in [7, 11) is 0. The van der Waals surface area contributed by atoms with Gasteiger partial charge in [-0.3, -0.25) is 14.4 Å². The van der Waals surface area contributed by atoms with E-state index in [1.54, 1.807) is 24.3 Å². The third-order valence-electron chi connectivity index (χ3n) is 3.93. The van der Waals surface area contributed by atoms with Gasteiger partial charge in [-0.15, -0.1) is 0 Å². The number of esters is 1. The van der Waals surface area contributed by atoms with E-state index in [2.05, 4.69) is 0 Å². The molecule has 2 amide bonds. The predicted octanol–water partition coefficient (Wildman–Crippen LogP) is 2.63. The summed E-state index contributed by atoms with van der Waals surface area (Å²) in [6, 6.07) is 10.7. The number of nitrogens with zero attached hydrogens (tertiary/aromatic N) is 1. The molecule has 2 aromatic carbocycles.